The van der Waals surface area contributed by atoms with Crippen LogP contribution < -0.4 is 14.8 Å². The quantitative estimate of drug-likeness (QED) is 0.761. The molecule has 0 aliphatic carbocycles. The zero-order chi connectivity index (χ0) is 15.8. The third kappa shape index (κ3) is 6.16. The van der Waals surface area contributed by atoms with Gasteiger partial charge < -0.3 is 19.9 Å². The third-order valence-electron chi connectivity index (χ3n) is 2.91. The average molecular weight is 295 g/mol. The zero-order valence-electron chi connectivity index (χ0n) is 12.5. The van der Waals surface area contributed by atoms with Gasteiger partial charge in [-0.1, -0.05) is 6.92 Å². The van der Waals surface area contributed by atoms with E-state index in [9.17, 15) is 9.59 Å². The number of hydrogen-bond acceptors (Lipinski definition) is 4. The minimum absolute atomic E-state index is 0.0266. The van der Waals surface area contributed by atoms with Gasteiger partial charge in [0.15, 0.2) is 6.61 Å². The number of amides is 1. The number of benzene rings is 1. The Labute approximate surface area is 124 Å². The molecule has 6 nitrogen and oxygen atoms in total. The van der Waals surface area contributed by atoms with Crippen molar-refractivity contribution in [2.24, 2.45) is 5.92 Å². The summed E-state index contributed by atoms with van der Waals surface area (Å²) in [5.41, 5.74) is 0.922. The molecule has 6 heteroatoms. The number of rotatable bonds is 8. The summed E-state index contributed by atoms with van der Waals surface area (Å²) in [5.74, 6) is 0.0772. The van der Waals surface area contributed by atoms with Crippen molar-refractivity contribution in [1.29, 1.82) is 0 Å². The molecule has 116 valence electrons. The lowest BCUT2D eigenvalue weighted by atomic mass is 10.1. The molecule has 21 heavy (non-hydrogen) atoms. The molecule has 1 unspecified atom stereocenters. The molecule has 1 aromatic rings. The SMILES string of the molecule is COc1ccc(OCC(=O)NCC(C)CC(=O)O)cc1C. The molecule has 1 atom stereocenters. The van der Waals surface area contributed by atoms with Crippen molar-refractivity contribution in [3.8, 4) is 11.5 Å². The van der Waals surface area contributed by atoms with Crippen molar-refractivity contribution >= 4 is 11.9 Å². The van der Waals surface area contributed by atoms with Gasteiger partial charge in [-0.2, -0.15) is 0 Å². The molecule has 0 spiro atoms. The first-order chi connectivity index (χ1) is 9.92. The van der Waals surface area contributed by atoms with Crippen LogP contribution in [0.1, 0.15) is 18.9 Å². The lowest BCUT2D eigenvalue weighted by Gasteiger charge is -2.12. The van der Waals surface area contributed by atoms with Gasteiger partial charge in [0.1, 0.15) is 11.5 Å². The number of aliphatic carboxylic acids is 1. The summed E-state index contributed by atoms with van der Waals surface area (Å²) in [6.45, 7) is 3.86. The van der Waals surface area contributed by atoms with Crippen LogP contribution in [-0.4, -0.2) is 37.2 Å². The van der Waals surface area contributed by atoms with E-state index in [0.29, 0.717) is 12.3 Å². The van der Waals surface area contributed by atoms with Crippen LogP contribution in [0.25, 0.3) is 0 Å². The minimum atomic E-state index is -0.873. The molecule has 0 saturated heterocycles. The number of ether oxygens (including phenoxy) is 2. The van der Waals surface area contributed by atoms with Crippen molar-refractivity contribution in [3.05, 3.63) is 23.8 Å². The van der Waals surface area contributed by atoms with Gasteiger partial charge in [-0.3, -0.25) is 9.59 Å². The van der Waals surface area contributed by atoms with Crippen molar-refractivity contribution in [2.45, 2.75) is 20.3 Å². The molecule has 0 heterocycles. The Morgan fingerprint density at radius 2 is 2.10 bits per heavy atom. The number of aryl methyl sites for hydroxylation is 1. The number of methoxy groups -OCH3 is 1. The number of hydrogen-bond donors (Lipinski definition) is 2. The van der Waals surface area contributed by atoms with Gasteiger partial charge in [0.25, 0.3) is 5.91 Å². The standard InChI is InChI=1S/C15H21NO5/c1-10(6-15(18)19)8-16-14(17)9-21-12-4-5-13(20-3)11(2)7-12/h4-5,7,10H,6,8-9H2,1-3H3,(H,16,17)(H,18,19). The zero-order valence-corrected chi connectivity index (χ0v) is 12.5. The van der Waals surface area contributed by atoms with Crippen molar-refractivity contribution in [3.63, 3.8) is 0 Å². The van der Waals surface area contributed by atoms with Gasteiger partial charge in [0.05, 0.1) is 7.11 Å². The molecule has 0 radical (unpaired) electrons. The van der Waals surface area contributed by atoms with E-state index in [2.05, 4.69) is 5.32 Å². The maximum Gasteiger partial charge on any atom is 0.303 e. The Bertz CT molecular complexity index is 501. The average Bonchev–Trinajstić information content (AvgIpc) is 2.42. The van der Waals surface area contributed by atoms with Crippen molar-refractivity contribution < 1.29 is 24.2 Å². The first-order valence-corrected chi connectivity index (χ1v) is 6.68. The van der Waals surface area contributed by atoms with E-state index in [1.54, 1.807) is 32.2 Å². The van der Waals surface area contributed by atoms with Crippen LogP contribution in [0, 0.1) is 12.8 Å². The predicted octanol–water partition coefficient (Wildman–Crippen LogP) is 1.61. The van der Waals surface area contributed by atoms with E-state index in [4.69, 9.17) is 14.6 Å². The molecular weight excluding hydrogens is 274 g/mol. The predicted molar refractivity (Wildman–Crippen MR) is 77.7 cm³/mol. The molecule has 0 aromatic heterocycles. The highest BCUT2D eigenvalue weighted by molar-refractivity contribution is 5.77. The lowest BCUT2D eigenvalue weighted by Crippen LogP contribution is -2.33. The van der Waals surface area contributed by atoms with Crippen molar-refractivity contribution in [2.75, 3.05) is 20.3 Å². The van der Waals surface area contributed by atoms with Crippen LogP contribution >= 0.6 is 0 Å². The fraction of sp³-hybridized carbons (Fsp3) is 0.467. The maximum atomic E-state index is 11.6. The van der Waals surface area contributed by atoms with Gasteiger partial charge in [-0.15, -0.1) is 0 Å². The summed E-state index contributed by atoms with van der Waals surface area (Å²) in [7, 11) is 1.59. The molecule has 1 rings (SSSR count). The molecule has 0 aliphatic heterocycles. The summed E-state index contributed by atoms with van der Waals surface area (Å²) in [5, 5.41) is 11.3. The number of carboxylic acid groups (broad SMARTS) is 1. The highest BCUT2D eigenvalue weighted by Gasteiger charge is 2.10. The molecule has 1 amide bonds. The highest BCUT2D eigenvalue weighted by Crippen LogP contribution is 2.22. The number of carboxylic acids is 1. The van der Waals surface area contributed by atoms with Gasteiger partial charge in [0.2, 0.25) is 0 Å². The Morgan fingerprint density at radius 1 is 1.38 bits per heavy atom. The van der Waals surface area contributed by atoms with Gasteiger partial charge in [-0.25, -0.2) is 0 Å². The molecular formula is C15H21NO5. The lowest BCUT2D eigenvalue weighted by molar-refractivity contribution is -0.138. The second-order valence-corrected chi connectivity index (χ2v) is 4.93. The number of carbonyl (C=O) groups excluding carboxylic acids is 1. The number of carbonyl (C=O) groups is 2. The minimum Gasteiger partial charge on any atom is -0.496 e. The van der Waals surface area contributed by atoms with Crippen LogP contribution in [0.4, 0.5) is 0 Å². The van der Waals surface area contributed by atoms with E-state index in [1.165, 1.54) is 0 Å². The second-order valence-electron chi connectivity index (χ2n) is 4.93. The summed E-state index contributed by atoms with van der Waals surface area (Å²) in [4.78, 5) is 22.1. The largest absolute Gasteiger partial charge is 0.496 e. The van der Waals surface area contributed by atoms with Crippen LogP contribution in [0.3, 0.4) is 0 Å². The monoisotopic (exact) mass is 295 g/mol. The fourth-order valence-electron chi connectivity index (χ4n) is 1.80. The smallest absolute Gasteiger partial charge is 0.303 e. The fourth-order valence-corrected chi connectivity index (χ4v) is 1.80. The Hall–Kier alpha value is -2.24. The molecule has 0 fully saturated rings. The first kappa shape index (κ1) is 16.8. The normalized spacial score (nSPS) is 11.6. The first-order valence-electron chi connectivity index (χ1n) is 6.68. The van der Waals surface area contributed by atoms with Crippen LogP contribution in [0.2, 0.25) is 0 Å². The van der Waals surface area contributed by atoms with Crippen molar-refractivity contribution in [1.82, 2.24) is 5.32 Å². The maximum absolute atomic E-state index is 11.6. The summed E-state index contributed by atoms with van der Waals surface area (Å²) in [6.07, 6.45) is 0.0266. The Balaban J connectivity index is 2.36. The topological polar surface area (TPSA) is 84.9 Å². The van der Waals surface area contributed by atoms with Crippen LogP contribution in [0.15, 0.2) is 18.2 Å². The molecule has 0 bridgehead atoms. The summed E-state index contributed by atoms with van der Waals surface area (Å²) < 4.78 is 10.5. The van der Waals surface area contributed by atoms with Gasteiger partial charge >= 0.3 is 5.97 Å². The highest BCUT2D eigenvalue weighted by atomic mass is 16.5. The number of nitrogens with one attached hydrogen (secondary N) is 1. The van der Waals surface area contributed by atoms with E-state index in [-0.39, 0.29) is 24.9 Å². The van der Waals surface area contributed by atoms with Gasteiger partial charge in [0, 0.05) is 13.0 Å². The summed E-state index contributed by atoms with van der Waals surface area (Å²) >= 11 is 0. The van der Waals surface area contributed by atoms with E-state index in [1.807, 2.05) is 6.92 Å². The second kappa shape index (κ2) is 8.14. The summed E-state index contributed by atoms with van der Waals surface area (Å²) in [6, 6.07) is 5.29. The molecule has 1 aromatic carbocycles. The van der Waals surface area contributed by atoms with E-state index < -0.39 is 5.97 Å². The molecule has 0 saturated carbocycles. The van der Waals surface area contributed by atoms with E-state index >= 15 is 0 Å². The van der Waals surface area contributed by atoms with Crippen LogP contribution in [-0.2, 0) is 9.59 Å². The van der Waals surface area contributed by atoms with E-state index in [0.717, 1.165) is 11.3 Å². The molecule has 2 N–H and O–H groups in total. The Kier molecular flexibility index (Phi) is 6.52. The third-order valence-corrected chi connectivity index (χ3v) is 2.91. The molecule has 0 aliphatic rings. The Morgan fingerprint density at radius 3 is 2.67 bits per heavy atom. The van der Waals surface area contributed by atoms with Gasteiger partial charge in [-0.05, 0) is 36.6 Å². The van der Waals surface area contributed by atoms with Crippen LogP contribution in [0.5, 0.6) is 11.5 Å².